The fraction of sp³-hybridized carbons (Fsp3) is 0.867. The molecule has 140 valence electrons. The van der Waals surface area contributed by atoms with Crippen LogP contribution in [0.1, 0.15) is 38.5 Å². The van der Waals surface area contributed by atoms with Gasteiger partial charge in [-0.3, -0.25) is 9.59 Å². The second kappa shape index (κ2) is 10.7. The molecule has 0 saturated carbocycles. The zero-order valence-electron chi connectivity index (χ0n) is 13.5. The number of Topliss-reactive ketones (excluding diaryl/α,β-unsaturated/α-hetero) is 1. The number of aliphatic hydroxyl groups is 4. The Morgan fingerprint density at radius 2 is 1.58 bits per heavy atom. The monoisotopic (exact) mass is 349 g/mol. The number of nitrogens with two attached hydrogens (primary N) is 1. The lowest BCUT2D eigenvalue weighted by molar-refractivity contribution is -0.301. The summed E-state index contributed by atoms with van der Waals surface area (Å²) in [6, 6.07) is 0. The van der Waals surface area contributed by atoms with Crippen LogP contribution in [0.3, 0.4) is 0 Å². The molecule has 1 aliphatic rings. The molecular formula is C15H27NO8. The van der Waals surface area contributed by atoms with Crippen molar-refractivity contribution in [2.75, 3.05) is 13.2 Å². The van der Waals surface area contributed by atoms with E-state index in [1.54, 1.807) is 0 Å². The number of hydrogen-bond donors (Lipinski definition) is 5. The number of unbranched alkanes of at least 4 members (excludes halogenated alkanes) is 1. The predicted octanol–water partition coefficient (Wildman–Crippen LogP) is -1.80. The smallest absolute Gasteiger partial charge is 0.217 e. The summed E-state index contributed by atoms with van der Waals surface area (Å²) >= 11 is 0. The van der Waals surface area contributed by atoms with Gasteiger partial charge in [-0.2, -0.15) is 0 Å². The molecule has 0 unspecified atom stereocenters. The van der Waals surface area contributed by atoms with Crippen molar-refractivity contribution in [2.45, 2.75) is 69.2 Å². The number of carbonyl (C=O) groups excluding carboxylic acids is 2. The molecule has 6 N–H and O–H groups in total. The van der Waals surface area contributed by atoms with Crippen molar-refractivity contribution in [3.8, 4) is 0 Å². The van der Waals surface area contributed by atoms with E-state index in [4.69, 9.17) is 20.3 Å². The van der Waals surface area contributed by atoms with E-state index >= 15 is 0 Å². The molecule has 0 spiro atoms. The number of rotatable bonds is 11. The number of ether oxygens (including phenoxy) is 2. The van der Waals surface area contributed by atoms with Gasteiger partial charge in [0.1, 0.15) is 30.2 Å². The second-order valence-corrected chi connectivity index (χ2v) is 5.88. The third-order valence-corrected chi connectivity index (χ3v) is 3.86. The summed E-state index contributed by atoms with van der Waals surface area (Å²) in [5.74, 6) is -0.341. The maximum atomic E-state index is 11.6. The van der Waals surface area contributed by atoms with Gasteiger partial charge >= 0.3 is 0 Å². The third-order valence-electron chi connectivity index (χ3n) is 3.86. The van der Waals surface area contributed by atoms with E-state index in [0.29, 0.717) is 25.7 Å². The molecule has 9 heteroatoms. The summed E-state index contributed by atoms with van der Waals surface area (Å²) in [5, 5.41) is 38.1. The summed E-state index contributed by atoms with van der Waals surface area (Å²) in [6.07, 6.45) is -4.01. The number of ketones is 1. The molecular weight excluding hydrogens is 322 g/mol. The predicted molar refractivity (Wildman–Crippen MR) is 81.6 cm³/mol. The topological polar surface area (TPSA) is 160 Å². The SMILES string of the molecule is NC(=O)CCCCC(=O)CCCO[C@@H]1O[C@H](CO)[C@@H](O)[C@H](O)[C@@H]1O. The standard InChI is InChI=1S/C15H27NO8/c16-11(19)6-2-1-4-9(18)5-3-7-23-15-14(22)13(21)12(20)10(8-17)24-15/h10,12-15,17,20-22H,1-8H2,(H2,16,19)/t10-,12-,13+,14+,15-/m1/s1. The molecule has 0 aromatic heterocycles. The fourth-order valence-corrected chi connectivity index (χ4v) is 2.42. The number of hydrogen-bond acceptors (Lipinski definition) is 8. The normalized spacial score (nSPS) is 30.2. The van der Waals surface area contributed by atoms with Crippen LogP contribution < -0.4 is 5.73 Å². The molecule has 5 atom stereocenters. The molecule has 1 rings (SSSR count). The molecule has 1 heterocycles. The fourth-order valence-electron chi connectivity index (χ4n) is 2.42. The van der Waals surface area contributed by atoms with E-state index in [1.165, 1.54) is 0 Å². The van der Waals surface area contributed by atoms with E-state index in [2.05, 4.69) is 0 Å². The van der Waals surface area contributed by atoms with Crippen LogP contribution in [0.25, 0.3) is 0 Å². The number of carbonyl (C=O) groups is 2. The first-order valence-corrected chi connectivity index (χ1v) is 8.09. The van der Waals surface area contributed by atoms with Crippen LogP contribution in [0.5, 0.6) is 0 Å². The summed E-state index contributed by atoms with van der Waals surface area (Å²) in [6.45, 7) is -0.399. The highest BCUT2D eigenvalue weighted by Gasteiger charge is 2.43. The Labute approximate surface area is 140 Å². The average molecular weight is 349 g/mol. The van der Waals surface area contributed by atoms with Gasteiger partial charge in [0.05, 0.1) is 13.2 Å². The van der Waals surface area contributed by atoms with Gasteiger partial charge in [-0.1, -0.05) is 0 Å². The lowest BCUT2D eigenvalue weighted by atomic mass is 9.99. The lowest BCUT2D eigenvalue weighted by Crippen LogP contribution is -2.59. The van der Waals surface area contributed by atoms with E-state index in [-0.39, 0.29) is 31.1 Å². The first-order chi connectivity index (χ1) is 11.4. The van der Waals surface area contributed by atoms with Gasteiger partial charge in [-0.15, -0.1) is 0 Å². The first-order valence-electron chi connectivity index (χ1n) is 8.09. The van der Waals surface area contributed by atoms with E-state index in [0.717, 1.165) is 0 Å². The number of amides is 1. The molecule has 0 radical (unpaired) electrons. The van der Waals surface area contributed by atoms with Crippen molar-refractivity contribution in [2.24, 2.45) is 5.73 Å². The molecule has 1 aliphatic heterocycles. The van der Waals surface area contributed by atoms with Gasteiger partial charge in [-0.05, 0) is 19.3 Å². The van der Waals surface area contributed by atoms with E-state index < -0.39 is 37.3 Å². The Kier molecular flexibility index (Phi) is 9.34. The molecule has 9 nitrogen and oxygen atoms in total. The summed E-state index contributed by atoms with van der Waals surface area (Å²) in [5.41, 5.74) is 5.01. The highest BCUT2D eigenvalue weighted by Crippen LogP contribution is 2.22. The minimum atomic E-state index is -1.48. The Balaban J connectivity index is 2.19. The minimum Gasteiger partial charge on any atom is -0.394 e. The highest BCUT2D eigenvalue weighted by atomic mass is 16.7. The van der Waals surface area contributed by atoms with Crippen LogP contribution >= 0.6 is 0 Å². The molecule has 0 aromatic rings. The molecule has 1 amide bonds. The molecule has 0 aromatic carbocycles. The highest BCUT2D eigenvalue weighted by molar-refractivity contribution is 5.78. The van der Waals surface area contributed by atoms with Gasteiger partial charge in [0.2, 0.25) is 5.91 Å². The van der Waals surface area contributed by atoms with Gasteiger partial charge < -0.3 is 35.6 Å². The minimum absolute atomic E-state index is 0.0388. The van der Waals surface area contributed by atoms with Crippen LogP contribution in [-0.4, -0.2) is 76.0 Å². The second-order valence-electron chi connectivity index (χ2n) is 5.88. The maximum absolute atomic E-state index is 11.6. The molecule has 0 bridgehead atoms. The van der Waals surface area contributed by atoms with Crippen LogP contribution in [0, 0.1) is 0 Å². The van der Waals surface area contributed by atoms with Crippen molar-refractivity contribution >= 4 is 11.7 Å². The first kappa shape index (κ1) is 20.9. The molecule has 1 fully saturated rings. The van der Waals surface area contributed by atoms with Gasteiger partial charge in [0, 0.05) is 19.3 Å². The van der Waals surface area contributed by atoms with Crippen molar-refractivity contribution in [3.63, 3.8) is 0 Å². The number of primary amides is 1. The summed E-state index contributed by atoms with van der Waals surface area (Å²) < 4.78 is 10.5. The quantitative estimate of drug-likeness (QED) is 0.273. The van der Waals surface area contributed by atoms with Crippen molar-refractivity contribution in [3.05, 3.63) is 0 Å². The zero-order chi connectivity index (χ0) is 18.1. The molecule has 0 aliphatic carbocycles. The van der Waals surface area contributed by atoms with E-state index in [9.17, 15) is 24.9 Å². The molecule has 1 saturated heterocycles. The zero-order valence-corrected chi connectivity index (χ0v) is 13.5. The van der Waals surface area contributed by atoms with Gasteiger partial charge in [0.25, 0.3) is 0 Å². The van der Waals surface area contributed by atoms with Crippen molar-refractivity contribution < 1.29 is 39.5 Å². The lowest BCUT2D eigenvalue weighted by Gasteiger charge is -2.39. The summed E-state index contributed by atoms with van der Waals surface area (Å²) in [7, 11) is 0. The van der Waals surface area contributed by atoms with E-state index in [1.807, 2.05) is 0 Å². The van der Waals surface area contributed by atoms with Crippen LogP contribution in [0.15, 0.2) is 0 Å². The van der Waals surface area contributed by atoms with Crippen LogP contribution in [0.4, 0.5) is 0 Å². The summed E-state index contributed by atoms with van der Waals surface area (Å²) in [4.78, 5) is 22.2. The van der Waals surface area contributed by atoms with Crippen molar-refractivity contribution in [1.82, 2.24) is 0 Å². The Morgan fingerprint density at radius 3 is 2.21 bits per heavy atom. The van der Waals surface area contributed by atoms with Crippen molar-refractivity contribution in [1.29, 1.82) is 0 Å². The van der Waals surface area contributed by atoms with Gasteiger partial charge in [-0.25, -0.2) is 0 Å². The Morgan fingerprint density at radius 1 is 0.958 bits per heavy atom. The number of aliphatic hydroxyl groups excluding tert-OH is 4. The van der Waals surface area contributed by atoms with Gasteiger partial charge in [0.15, 0.2) is 6.29 Å². The third kappa shape index (κ3) is 6.80. The van der Waals surface area contributed by atoms with Crippen LogP contribution in [-0.2, 0) is 19.1 Å². The largest absolute Gasteiger partial charge is 0.394 e. The van der Waals surface area contributed by atoms with Crippen LogP contribution in [0.2, 0.25) is 0 Å². The maximum Gasteiger partial charge on any atom is 0.217 e. The molecule has 24 heavy (non-hydrogen) atoms. The average Bonchev–Trinajstić information content (AvgIpc) is 2.55. The Bertz CT molecular complexity index is 403. The Hall–Kier alpha value is -1.10.